The number of benzene rings is 1. The van der Waals surface area contributed by atoms with Gasteiger partial charge in [0.1, 0.15) is 11.4 Å². The summed E-state index contributed by atoms with van der Waals surface area (Å²) in [5.74, 6) is 0.856. The maximum absolute atomic E-state index is 12.5. The summed E-state index contributed by atoms with van der Waals surface area (Å²) in [6.45, 7) is 4.57. The molecule has 5 nitrogen and oxygen atoms in total. The minimum absolute atomic E-state index is 0.0803. The molecule has 0 bridgehead atoms. The highest BCUT2D eigenvalue weighted by molar-refractivity contribution is 7.80. The van der Waals surface area contributed by atoms with E-state index in [9.17, 15) is 4.79 Å². The third-order valence-electron chi connectivity index (χ3n) is 3.86. The Morgan fingerprint density at radius 2 is 2.35 bits per heavy atom. The van der Waals surface area contributed by atoms with Crippen molar-refractivity contribution in [1.82, 2.24) is 10.2 Å². The molecule has 2 aliphatic heterocycles. The van der Waals surface area contributed by atoms with E-state index in [2.05, 4.69) is 11.4 Å². The first-order valence-electron chi connectivity index (χ1n) is 7.87. The number of nitrogens with zero attached hydrogens (tertiary/aromatic N) is 1. The van der Waals surface area contributed by atoms with Gasteiger partial charge in [-0.25, -0.2) is 0 Å². The SMILES string of the molecule is CCOCCCN1C(=O)C(=Cc2ccc3c(c2)CCO3)NC1=S. The van der Waals surface area contributed by atoms with E-state index in [0.29, 0.717) is 30.6 Å². The Morgan fingerprint density at radius 1 is 1.48 bits per heavy atom. The van der Waals surface area contributed by atoms with E-state index in [-0.39, 0.29) is 5.91 Å². The highest BCUT2D eigenvalue weighted by Crippen LogP contribution is 2.27. The van der Waals surface area contributed by atoms with Crippen molar-refractivity contribution in [1.29, 1.82) is 0 Å². The number of ether oxygens (including phenoxy) is 2. The average Bonchev–Trinajstić information content (AvgIpc) is 3.10. The Labute approximate surface area is 141 Å². The minimum Gasteiger partial charge on any atom is -0.493 e. The molecule has 0 aliphatic carbocycles. The highest BCUT2D eigenvalue weighted by atomic mass is 32.1. The number of hydrogen-bond acceptors (Lipinski definition) is 4. The third-order valence-corrected chi connectivity index (χ3v) is 4.18. The molecular weight excluding hydrogens is 312 g/mol. The fourth-order valence-corrected chi connectivity index (χ4v) is 2.99. The van der Waals surface area contributed by atoms with Crippen LogP contribution in [-0.4, -0.2) is 42.3 Å². The molecule has 6 heteroatoms. The first-order valence-corrected chi connectivity index (χ1v) is 8.28. The van der Waals surface area contributed by atoms with Gasteiger partial charge in [0.25, 0.3) is 5.91 Å². The number of carbonyl (C=O) groups excluding carboxylic acids is 1. The second-order valence-corrected chi connectivity index (χ2v) is 5.85. The lowest BCUT2D eigenvalue weighted by atomic mass is 10.1. The Bertz CT molecular complexity index is 657. The molecule has 1 aromatic carbocycles. The summed E-state index contributed by atoms with van der Waals surface area (Å²) < 4.78 is 10.8. The van der Waals surface area contributed by atoms with Crippen molar-refractivity contribution in [2.75, 3.05) is 26.4 Å². The van der Waals surface area contributed by atoms with Crippen LogP contribution < -0.4 is 10.1 Å². The number of hydrogen-bond donors (Lipinski definition) is 1. The highest BCUT2D eigenvalue weighted by Gasteiger charge is 2.30. The summed E-state index contributed by atoms with van der Waals surface area (Å²) in [4.78, 5) is 14.1. The first-order chi connectivity index (χ1) is 11.2. The number of nitrogens with one attached hydrogen (secondary N) is 1. The molecule has 0 atom stereocenters. The number of fused-ring (bicyclic) bond motifs is 1. The summed E-state index contributed by atoms with van der Waals surface area (Å²) in [5, 5.41) is 3.47. The Morgan fingerprint density at radius 3 is 3.17 bits per heavy atom. The molecule has 2 aliphatic rings. The van der Waals surface area contributed by atoms with Crippen molar-refractivity contribution < 1.29 is 14.3 Å². The molecule has 1 fully saturated rings. The maximum Gasteiger partial charge on any atom is 0.276 e. The van der Waals surface area contributed by atoms with Crippen molar-refractivity contribution in [3.63, 3.8) is 0 Å². The summed E-state index contributed by atoms with van der Waals surface area (Å²) >= 11 is 5.26. The minimum atomic E-state index is -0.0803. The Balaban J connectivity index is 1.68. The largest absolute Gasteiger partial charge is 0.493 e. The monoisotopic (exact) mass is 332 g/mol. The van der Waals surface area contributed by atoms with Crippen LogP contribution in [0.25, 0.3) is 6.08 Å². The van der Waals surface area contributed by atoms with E-state index < -0.39 is 0 Å². The van der Waals surface area contributed by atoms with E-state index in [1.807, 2.05) is 25.1 Å². The predicted octanol–water partition coefficient (Wildman–Crippen LogP) is 2.11. The Kier molecular flexibility index (Phi) is 4.93. The summed E-state index contributed by atoms with van der Waals surface area (Å²) in [6, 6.07) is 5.96. The lowest BCUT2D eigenvalue weighted by Crippen LogP contribution is -2.32. The number of rotatable bonds is 6. The number of thiocarbonyl (C=S) groups is 1. The summed E-state index contributed by atoms with van der Waals surface area (Å²) in [6.07, 6.45) is 3.52. The molecule has 0 aromatic heterocycles. The molecule has 122 valence electrons. The van der Waals surface area contributed by atoms with Crippen LogP contribution in [0, 0.1) is 0 Å². The molecule has 1 saturated heterocycles. The van der Waals surface area contributed by atoms with Crippen LogP contribution in [0.15, 0.2) is 23.9 Å². The van der Waals surface area contributed by atoms with Gasteiger partial charge in [-0.3, -0.25) is 9.69 Å². The third kappa shape index (κ3) is 3.54. The van der Waals surface area contributed by atoms with Gasteiger partial charge in [0, 0.05) is 26.2 Å². The lowest BCUT2D eigenvalue weighted by molar-refractivity contribution is -0.122. The van der Waals surface area contributed by atoms with Crippen molar-refractivity contribution in [3.8, 4) is 5.75 Å². The van der Waals surface area contributed by atoms with Crippen LogP contribution in [0.5, 0.6) is 5.75 Å². The molecule has 23 heavy (non-hydrogen) atoms. The second-order valence-electron chi connectivity index (χ2n) is 5.46. The van der Waals surface area contributed by atoms with Gasteiger partial charge >= 0.3 is 0 Å². The van der Waals surface area contributed by atoms with E-state index in [4.69, 9.17) is 21.7 Å². The predicted molar refractivity (Wildman–Crippen MR) is 92.2 cm³/mol. The van der Waals surface area contributed by atoms with E-state index >= 15 is 0 Å². The van der Waals surface area contributed by atoms with Gasteiger partial charge in [-0.15, -0.1) is 0 Å². The normalized spacial score (nSPS) is 18.3. The molecule has 1 aromatic rings. The van der Waals surface area contributed by atoms with Crippen LogP contribution in [0.2, 0.25) is 0 Å². The molecule has 1 amide bonds. The number of amides is 1. The van der Waals surface area contributed by atoms with Crippen LogP contribution in [0.4, 0.5) is 0 Å². The van der Waals surface area contributed by atoms with Gasteiger partial charge < -0.3 is 14.8 Å². The van der Waals surface area contributed by atoms with Crippen molar-refractivity contribution >= 4 is 29.3 Å². The molecule has 1 N–H and O–H groups in total. The number of carbonyl (C=O) groups is 1. The molecule has 2 heterocycles. The molecule has 0 spiro atoms. The zero-order valence-electron chi connectivity index (χ0n) is 13.1. The smallest absolute Gasteiger partial charge is 0.276 e. The second kappa shape index (κ2) is 7.10. The van der Waals surface area contributed by atoms with E-state index in [1.165, 1.54) is 5.56 Å². The van der Waals surface area contributed by atoms with Gasteiger partial charge in [0.2, 0.25) is 0 Å². The zero-order chi connectivity index (χ0) is 16.2. The van der Waals surface area contributed by atoms with Gasteiger partial charge in [0.15, 0.2) is 5.11 Å². The fraction of sp³-hybridized carbons (Fsp3) is 0.412. The first kappa shape index (κ1) is 16.0. The standard InChI is InChI=1S/C17H20N2O3S/c1-2-21-8-3-7-19-16(20)14(18-17(19)23)11-12-4-5-15-13(10-12)6-9-22-15/h4-5,10-11H,2-3,6-9H2,1H3,(H,18,23). The molecular formula is C17H20N2O3S. The molecule has 0 radical (unpaired) electrons. The van der Waals surface area contributed by atoms with Crippen molar-refractivity contribution in [2.45, 2.75) is 19.8 Å². The Hall–Kier alpha value is -1.92. The van der Waals surface area contributed by atoms with Crippen LogP contribution in [-0.2, 0) is 16.0 Å². The summed E-state index contributed by atoms with van der Waals surface area (Å²) in [7, 11) is 0. The van der Waals surface area contributed by atoms with Gasteiger partial charge in [-0.2, -0.15) is 0 Å². The molecule has 0 unspecified atom stereocenters. The van der Waals surface area contributed by atoms with Crippen LogP contribution in [0.3, 0.4) is 0 Å². The van der Waals surface area contributed by atoms with E-state index in [0.717, 1.165) is 30.8 Å². The fourth-order valence-electron chi connectivity index (χ4n) is 2.71. The maximum atomic E-state index is 12.5. The zero-order valence-corrected chi connectivity index (χ0v) is 13.9. The van der Waals surface area contributed by atoms with Gasteiger partial charge in [0.05, 0.1) is 6.61 Å². The van der Waals surface area contributed by atoms with Crippen molar-refractivity contribution in [3.05, 3.63) is 35.0 Å². The quantitative estimate of drug-likeness (QED) is 0.491. The summed E-state index contributed by atoms with van der Waals surface area (Å²) in [5.41, 5.74) is 2.68. The van der Waals surface area contributed by atoms with Crippen molar-refractivity contribution in [2.24, 2.45) is 0 Å². The van der Waals surface area contributed by atoms with E-state index in [1.54, 1.807) is 4.90 Å². The van der Waals surface area contributed by atoms with Gasteiger partial charge in [-0.1, -0.05) is 6.07 Å². The lowest BCUT2D eigenvalue weighted by Gasteiger charge is -2.13. The molecule has 0 saturated carbocycles. The molecule has 3 rings (SSSR count). The van der Waals surface area contributed by atoms with Gasteiger partial charge in [-0.05, 0) is 54.9 Å². The van der Waals surface area contributed by atoms with Crippen LogP contribution >= 0.6 is 12.2 Å². The average molecular weight is 332 g/mol. The van der Waals surface area contributed by atoms with Crippen LogP contribution in [0.1, 0.15) is 24.5 Å². The topological polar surface area (TPSA) is 50.8 Å².